The smallest absolute Gasteiger partial charge is 0.134 e. The fourth-order valence-electron chi connectivity index (χ4n) is 1.88. The van der Waals surface area contributed by atoms with Crippen LogP contribution in [0.15, 0.2) is 42.6 Å². The number of hydrogen-bond donors (Lipinski definition) is 0. The minimum Gasteiger partial charge on any atom is -0.492 e. The second kappa shape index (κ2) is 8.34. The van der Waals surface area contributed by atoms with Gasteiger partial charge in [-0.2, -0.15) is 0 Å². The highest BCUT2D eigenvalue weighted by Gasteiger charge is 2.02. The van der Waals surface area contributed by atoms with Gasteiger partial charge in [0.15, 0.2) is 0 Å². The Morgan fingerprint density at radius 2 is 2.14 bits per heavy atom. The van der Waals surface area contributed by atoms with Crippen LogP contribution in [0.25, 0.3) is 0 Å². The standard InChI is InChI=1S/C18H18ClNO/c1-15-8-9-18(16(14-15)6-2-4-11-19)21-13-10-17-7-3-5-12-20-17/h3,5,7-9,12,14H,4,10-11,13H2,1H3. The second-order valence-corrected chi connectivity index (χ2v) is 5.04. The molecule has 0 bridgehead atoms. The molecule has 0 radical (unpaired) electrons. The van der Waals surface area contributed by atoms with Crippen molar-refractivity contribution < 1.29 is 4.74 Å². The summed E-state index contributed by atoms with van der Waals surface area (Å²) in [6.07, 6.45) is 3.26. The molecule has 1 aromatic heterocycles. The summed E-state index contributed by atoms with van der Waals surface area (Å²) in [6.45, 7) is 2.63. The maximum atomic E-state index is 5.85. The first kappa shape index (κ1) is 15.4. The summed E-state index contributed by atoms with van der Waals surface area (Å²) >= 11 is 5.65. The molecule has 0 spiro atoms. The van der Waals surface area contributed by atoms with Crippen LogP contribution < -0.4 is 4.74 Å². The summed E-state index contributed by atoms with van der Waals surface area (Å²) in [5.74, 6) is 7.55. The van der Waals surface area contributed by atoms with E-state index < -0.39 is 0 Å². The Morgan fingerprint density at radius 1 is 1.24 bits per heavy atom. The molecule has 0 fully saturated rings. The van der Waals surface area contributed by atoms with Crippen LogP contribution in [-0.4, -0.2) is 17.5 Å². The van der Waals surface area contributed by atoms with E-state index in [9.17, 15) is 0 Å². The van der Waals surface area contributed by atoms with Gasteiger partial charge in [-0.1, -0.05) is 24.0 Å². The summed E-state index contributed by atoms with van der Waals surface area (Å²) in [6, 6.07) is 11.9. The Balaban J connectivity index is 2.01. The van der Waals surface area contributed by atoms with Gasteiger partial charge in [0.1, 0.15) is 5.75 Å². The SMILES string of the molecule is Cc1ccc(OCCc2ccccn2)c(C#CCCCl)c1. The molecule has 0 saturated heterocycles. The lowest BCUT2D eigenvalue weighted by molar-refractivity contribution is 0.319. The third-order valence-corrected chi connectivity index (χ3v) is 3.11. The zero-order valence-electron chi connectivity index (χ0n) is 12.1. The van der Waals surface area contributed by atoms with Gasteiger partial charge in [0, 0.05) is 30.6 Å². The van der Waals surface area contributed by atoms with Crippen molar-refractivity contribution >= 4 is 11.6 Å². The maximum Gasteiger partial charge on any atom is 0.134 e. The summed E-state index contributed by atoms with van der Waals surface area (Å²) < 4.78 is 5.85. The Hall–Kier alpha value is -1.98. The highest BCUT2D eigenvalue weighted by atomic mass is 35.5. The van der Waals surface area contributed by atoms with E-state index in [2.05, 4.69) is 16.8 Å². The summed E-state index contributed by atoms with van der Waals surface area (Å²) in [4.78, 5) is 4.28. The summed E-state index contributed by atoms with van der Waals surface area (Å²) in [5, 5.41) is 0. The van der Waals surface area contributed by atoms with Crippen molar-refractivity contribution in [2.75, 3.05) is 12.5 Å². The third-order valence-electron chi connectivity index (χ3n) is 2.92. The zero-order valence-corrected chi connectivity index (χ0v) is 12.9. The predicted octanol–water partition coefficient (Wildman–Crippen LogP) is 3.99. The van der Waals surface area contributed by atoms with Crippen LogP contribution in [0.3, 0.4) is 0 Å². The second-order valence-electron chi connectivity index (χ2n) is 4.66. The van der Waals surface area contributed by atoms with Gasteiger partial charge >= 0.3 is 0 Å². The lowest BCUT2D eigenvalue weighted by Crippen LogP contribution is -2.04. The van der Waals surface area contributed by atoms with Crippen LogP contribution >= 0.6 is 11.6 Å². The molecular weight excluding hydrogens is 282 g/mol. The molecule has 0 atom stereocenters. The normalized spacial score (nSPS) is 9.81. The van der Waals surface area contributed by atoms with Crippen LogP contribution in [0.2, 0.25) is 0 Å². The molecular formula is C18H18ClNO. The van der Waals surface area contributed by atoms with Crippen LogP contribution in [-0.2, 0) is 6.42 Å². The number of pyridine rings is 1. The predicted molar refractivity (Wildman–Crippen MR) is 86.8 cm³/mol. The number of halogens is 1. The van der Waals surface area contributed by atoms with Gasteiger partial charge in [-0.25, -0.2) is 0 Å². The van der Waals surface area contributed by atoms with Crippen LogP contribution in [0.5, 0.6) is 5.75 Å². The van der Waals surface area contributed by atoms with Crippen LogP contribution in [0, 0.1) is 18.8 Å². The van der Waals surface area contributed by atoms with Crippen LogP contribution in [0.4, 0.5) is 0 Å². The molecule has 2 aromatic rings. The number of alkyl halides is 1. The van der Waals surface area contributed by atoms with Gasteiger partial charge in [0.05, 0.1) is 12.2 Å². The molecule has 0 N–H and O–H groups in total. The molecule has 0 unspecified atom stereocenters. The van der Waals surface area contributed by atoms with Gasteiger partial charge < -0.3 is 4.74 Å². The van der Waals surface area contributed by atoms with Crippen molar-refractivity contribution in [3.8, 4) is 17.6 Å². The van der Waals surface area contributed by atoms with E-state index in [4.69, 9.17) is 16.3 Å². The van der Waals surface area contributed by atoms with E-state index in [1.54, 1.807) is 6.20 Å². The Morgan fingerprint density at radius 3 is 2.90 bits per heavy atom. The van der Waals surface area contributed by atoms with Crippen molar-refractivity contribution in [1.82, 2.24) is 4.98 Å². The Bertz CT molecular complexity index is 629. The molecule has 0 aliphatic heterocycles. The average Bonchev–Trinajstić information content (AvgIpc) is 2.51. The van der Waals surface area contributed by atoms with E-state index in [-0.39, 0.29) is 0 Å². The van der Waals surface area contributed by atoms with Crippen molar-refractivity contribution in [2.24, 2.45) is 0 Å². The van der Waals surface area contributed by atoms with E-state index in [1.807, 2.05) is 43.3 Å². The topological polar surface area (TPSA) is 22.1 Å². The van der Waals surface area contributed by atoms with E-state index >= 15 is 0 Å². The fourth-order valence-corrected chi connectivity index (χ4v) is 1.98. The molecule has 2 nitrogen and oxygen atoms in total. The number of hydrogen-bond acceptors (Lipinski definition) is 2. The summed E-state index contributed by atoms with van der Waals surface area (Å²) in [7, 11) is 0. The number of aryl methyl sites for hydroxylation is 1. The quantitative estimate of drug-likeness (QED) is 0.615. The molecule has 1 heterocycles. The molecule has 108 valence electrons. The Labute approximate surface area is 131 Å². The first-order chi connectivity index (χ1) is 10.3. The number of nitrogens with zero attached hydrogens (tertiary/aromatic N) is 1. The minimum absolute atomic E-state index is 0.550. The first-order valence-electron chi connectivity index (χ1n) is 6.98. The monoisotopic (exact) mass is 299 g/mol. The van der Waals surface area contributed by atoms with Crippen molar-refractivity contribution in [2.45, 2.75) is 19.8 Å². The highest BCUT2D eigenvalue weighted by Crippen LogP contribution is 2.19. The van der Waals surface area contributed by atoms with E-state index in [1.165, 1.54) is 5.56 Å². The maximum absolute atomic E-state index is 5.85. The molecule has 2 rings (SSSR count). The third kappa shape index (κ3) is 5.13. The minimum atomic E-state index is 0.550. The first-order valence-corrected chi connectivity index (χ1v) is 7.51. The molecule has 0 aliphatic rings. The van der Waals surface area contributed by atoms with Crippen LogP contribution in [0.1, 0.15) is 23.2 Å². The van der Waals surface area contributed by atoms with Gasteiger partial charge in [-0.05, 0) is 36.8 Å². The number of rotatable bonds is 5. The van der Waals surface area contributed by atoms with Gasteiger partial charge in [0.2, 0.25) is 0 Å². The van der Waals surface area contributed by atoms with Gasteiger partial charge in [0.25, 0.3) is 0 Å². The lowest BCUT2D eigenvalue weighted by atomic mass is 10.1. The largest absolute Gasteiger partial charge is 0.492 e. The molecule has 3 heteroatoms. The Kier molecular flexibility index (Phi) is 6.12. The number of ether oxygens (including phenoxy) is 1. The van der Waals surface area contributed by atoms with Crippen molar-refractivity contribution in [3.05, 3.63) is 59.4 Å². The molecule has 0 aliphatic carbocycles. The average molecular weight is 300 g/mol. The zero-order chi connectivity index (χ0) is 14.9. The number of benzene rings is 1. The molecule has 1 aromatic carbocycles. The van der Waals surface area contributed by atoms with E-state index in [0.29, 0.717) is 18.9 Å². The van der Waals surface area contributed by atoms with Gasteiger partial charge in [-0.3, -0.25) is 4.98 Å². The van der Waals surface area contributed by atoms with E-state index in [0.717, 1.165) is 23.4 Å². The molecule has 21 heavy (non-hydrogen) atoms. The number of aromatic nitrogens is 1. The summed E-state index contributed by atoms with van der Waals surface area (Å²) in [5.41, 5.74) is 3.11. The van der Waals surface area contributed by atoms with Gasteiger partial charge in [-0.15, -0.1) is 11.6 Å². The van der Waals surface area contributed by atoms with Crippen molar-refractivity contribution in [1.29, 1.82) is 0 Å². The fraction of sp³-hybridized carbons (Fsp3) is 0.278. The lowest BCUT2D eigenvalue weighted by Gasteiger charge is -2.09. The highest BCUT2D eigenvalue weighted by molar-refractivity contribution is 6.18. The molecule has 0 saturated carbocycles. The molecule has 0 amide bonds. The van der Waals surface area contributed by atoms with Crippen molar-refractivity contribution in [3.63, 3.8) is 0 Å².